The first-order valence-corrected chi connectivity index (χ1v) is 7.81. The average molecular weight is 307 g/mol. The number of nitrogens with zero attached hydrogens (tertiary/aromatic N) is 3. The molecule has 0 bridgehead atoms. The van der Waals surface area contributed by atoms with E-state index >= 15 is 0 Å². The fourth-order valence-electron chi connectivity index (χ4n) is 2.65. The van der Waals surface area contributed by atoms with E-state index in [1.165, 1.54) is 5.56 Å². The van der Waals surface area contributed by atoms with Gasteiger partial charge in [0.1, 0.15) is 0 Å². The van der Waals surface area contributed by atoms with Gasteiger partial charge in [0.15, 0.2) is 5.96 Å². The monoisotopic (exact) mass is 307 g/mol. The molecule has 1 aliphatic rings. The van der Waals surface area contributed by atoms with E-state index in [0.717, 1.165) is 37.2 Å². The van der Waals surface area contributed by atoms with Crippen molar-refractivity contribution in [3.8, 4) is 11.1 Å². The predicted molar refractivity (Wildman–Crippen MR) is 95.6 cm³/mol. The van der Waals surface area contributed by atoms with Crippen LogP contribution in [0.3, 0.4) is 0 Å². The predicted octanol–water partition coefficient (Wildman–Crippen LogP) is 2.71. The van der Waals surface area contributed by atoms with E-state index in [9.17, 15) is 0 Å². The number of hydrogen-bond donors (Lipinski definition) is 2. The summed E-state index contributed by atoms with van der Waals surface area (Å²) in [4.78, 5) is 10.5. The topological polar surface area (TPSA) is 80.0 Å². The maximum atomic E-state index is 5.95. The maximum absolute atomic E-state index is 5.95. The Hall–Kier alpha value is -2.82. The largest absolute Gasteiger partial charge is 0.369 e. The summed E-state index contributed by atoms with van der Waals surface area (Å²) in [6.07, 6.45) is 2.29. The Balaban J connectivity index is 1.73. The first kappa shape index (κ1) is 15.1. The second-order valence-electron chi connectivity index (χ2n) is 5.55. The quantitative estimate of drug-likeness (QED) is 0.661. The molecule has 5 nitrogen and oxygen atoms in total. The van der Waals surface area contributed by atoms with E-state index in [1.54, 1.807) is 0 Å². The lowest BCUT2D eigenvalue weighted by Gasteiger charge is -2.15. The molecule has 118 valence electrons. The van der Waals surface area contributed by atoms with E-state index in [0.29, 0.717) is 5.96 Å². The summed E-state index contributed by atoms with van der Waals surface area (Å²) in [6.45, 7) is 1.88. The van der Waals surface area contributed by atoms with Crippen LogP contribution in [0.25, 0.3) is 11.1 Å². The molecule has 0 amide bonds. The van der Waals surface area contributed by atoms with Crippen molar-refractivity contribution in [2.45, 2.75) is 12.8 Å². The lowest BCUT2D eigenvalue weighted by atomic mass is 10.1. The van der Waals surface area contributed by atoms with Gasteiger partial charge >= 0.3 is 0 Å². The van der Waals surface area contributed by atoms with Crippen molar-refractivity contribution in [2.24, 2.45) is 21.5 Å². The van der Waals surface area contributed by atoms with Gasteiger partial charge in [0, 0.05) is 13.1 Å². The Morgan fingerprint density at radius 2 is 1.43 bits per heavy atom. The average Bonchev–Trinajstić information content (AvgIpc) is 3.11. The summed E-state index contributed by atoms with van der Waals surface area (Å²) in [6, 6.07) is 18.1. The molecule has 1 aliphatic heterocycles. The summed E-state index contributed by atoms with van der Waals surface area (Å²) >= 11 is 0. The van der Waals surface area contributed by atoms with Crippen LogP contribution in [0.4, 0.5) is 5.69 Å². The minimum absolute atomic E-state index is 0.182. The highest BCUT2D eigenvalue weighted by molar-refractivity contribution is 5.94. The number of nitrogens with two attached hydrogens (primary N) is 2. The molecule has 0 aromatic heterocycles. The van der Waals surface area contributed by atoms with Crippen molar-refractivity contribution < 1.29 is 0 Å². The molecule has 0 radical (unpaired) electrons. The third-order valence-electron chi connectivity index (χ3n) is 3.88. The van der Waals surface area contributed by atoms with Crippen LogP contribution in [0.2, 0.25) is 0 Å². The second kappa shape index (κ2) is 6.96. The Bertz CT molecular complexity index is 698. The van der Waals surface area contributed by atoms with Crippen molar-refractivity contribution in [3.63, 3.8) is 0 Å². The number of aliphatic imine (C=N–C) groups is 2. The molecule has 0 aliphatic carbocycles. The Kier molecular flexibility index (Phi) is 4.57. The van der Waals surface area contributed by atoms with Crippen LogP contribution >= 0.6 is 0 Å². The van der Waals surface area contributed by atoms with Gasteiger partial charge in [-0.15, -0.1) is 0 Å². The molecule has 2 aromatic rings. The van der Waals surface area contributed by atoms with Crippen LogP contribution in [0.1, 0.15) is 12.8 Å². The van der Waals surface area contributed by atoms with Gasteiger partial charge in [-0.2, -0.15) is 4.99 Å². The van der Waals surface area contributed by atoms with Crippen LogP contribution in [0.15, 0.2) is 64.6 Å². The zero-order valence-corrected chi connectivity index (χ0v) is 13.0. The Labute approximate surface area is 136 Å². The van der Waals surface area contributed by atoms with Crippen LogP contribution in [-0.2, 0) is 0 Å². The highest BCUT2D eigenvalue weighted by Gasteiger charge is 2.13. The van der Waals surface area contributed by atoms with Crippen molar-refractivity contribution in [1.29, 1.82) is 0 Å². The van der Waals surface area contributed by atoms with Gasteiger partial charge in [0.05, 0.1) is 5.69 Å². The lowest BCUT2D eigenvalue weighted by molar-refractivity contribution is 0.514. The summed E-state index contributed by atoms with van der Waals surface area (Å²) in [5.74, 6) is 0.631. The molecule has 5 heteroatoms. The minimum Gasteiger partial charge on any atom is -0.369 e. The van der Waals surface area contributed by atoms with Crippen molar-refractivity contribution in [2.75, 3.05) is 13.1 Å². The SMILES string of the molecule is NC(=Nc1ccc(-c2ccccc2)cc1)N=C(N)N1CCCC1. The maximum Gasteiger partial charge on any atom is 0.223 e. The molecule has 1 fully saturated rings. The van der Waals surface area contributed by atoms with Gasteiger partial charge in [0.2, 0.25) is 5.96 Å². The van der Waals surface area contributed by atoms with Gasteiger partial charge in [-0.1, -0.05) is 42.5 Å². The Morgan fingerprint density at radius 1 is 0.826 bits per heavy atom. The molecule has 0 spiro atoms. The molecule has 3 rings (SSSR count). The van der Waals surface area contributed by atoms with Crippen LogP contribution < -0.4 is 11.5 Å². The molecule has 0 saturated carbocycles. The summed E-state index contributed by atoms with van der Waals surface area (Å²) in [7, 11) is 0. The molecule has 23 heavy (non-hydrogen) atoms. The molecule has 1 saturated heterocycles. The van der Waals surface area contributed by atoms with Crippen molar-refractivity contribution in [3.05, 3.63) is 54.6 Å². The minimum atomic E-state index is 0.182. The summed E-state index contributed by atoms with van der Waals surface area (Å²) < 4.78 is 0. The number of hydrogen-bond acceptors (Lipinski definition) is 1. The fraction of sp³-hybridized carbons (Fsp3) is 0.222. The molecule has 0 unspecified atom stereocenters. The van der Waals surface area contributed by atoms with Crippen LogP contribution in [-0.4, -0.2) is 29.9 Å². The first-order chi connectivity index (χ1) is 11.2. The van der Waals surface area contributed by atoms with E-state index < -0.39 is 0 Å². The van der Waals surface area contributed by atoms with Crippen molar-refractivity contribution >= 4 is 17.6 Å². The van der Waals surface area contributed by atoms with Crippen molar-refractivity contribution in [1.82, 2.24) is 4.90 Å². The summed E-state index contributed by atoms with van der Waals surface area (Å²) in [5.41, 5.74) is 14.9. The molecular weight excluding hydrogens is 286 g/mol. The zero-order valence-electron chi connectivity index (χ0n) is 13.0. The third kappa shape index (κ3) is 3.88. The first-order valence-electron chi connectivity index (χ1n) is 7.81. The highest BCUT2D eigenvalue weighted by atomic mass is 15.3. The highest BCUT2D eigenvalue weighted by Crippen LogP contribution is 2.22. The number of guanidine groups is 2. The normalized spacial score (nSPS) is 15.9. The van der Waals surface area contributed by atoms with E-state index in [-0.39, 0.29) is 5.96 Å². The zero-order chi connectivity index (χ0) is 16.1. The van der Waals surface area contributed by atoms with Gasteiger partial charge in [-0.3, -0.25) is 0 Å². The molecule has 0 atom stereocenters. The molecular formula is C18H21N5. The summed E-state index contributed by atoms with van der Waals surface area (Å²) in [5, 5.41) is 0. The molecule has 1 heterocycles. The van der Waals surface area contributed by atoms with Gasteiger partial charge in [0.25, 0.3) is 0 Å². The molecule has 4 N–H and O–H groups in total. The van der Waals surface area contributed by atoms with Crippen LogP contribution in [0.5, 0.6) is 0 Å². The lowest BCUT2D eigenvalue weighted by Crippen LogP contribution is -2.36. The number of benzene rings is 2. The van der Waals surface area contributed by atoms with E-state index in [4.69, 9.17) is 11.5 Å². The van der Waals surface area contributed by atoms with E-state index in [1.807, 2.05) is 47.4 Å². The Morgan fingerprint density at radius 3 is 2.09 bits per heavy atom. The molecule has 2 aromatic carbocycles. The number of rotatable bonds is 2. The smallest absolute Gasteiger partial charge is 0.223 e. The van der Waals surface area contributed by atoms with E-state index in [2.05, 4.69) is 22.1 Å². The standard InChI is InChI=1S/C18H21N5/c19-17(22-18(20)23-12-4-5-13-23)21-16-10-8-15(9-11-16)14-6-2-1-3-7-14/h1-3,6-11H,4-5,12-13H2,(H4,19,20,21,22). The van der Waals surface area contributed by atoms with Gasteiger partial charge < -0.3 is 16.4 Å². The third-order valence-corrected chi connectivity index (χ3v) is 3.88. The van der Waals surface area contributed by atoms with Gasteiger partial charge in [-0.05, 0) is 36.1 Å². The second-order valence-corrected chi connectivity index (χ2v) is 5.55. The van der Waals surface area contributed by atoms with Crippen LogP contribution in [0, 0.1) is 0 Å². The van der Waals surface area contributed by atoms with Gasteiger partial charge in [-0.25, -0.2) is 4.99 Å². The fourth-order valence-corrected chi connectivity index (χ4v) is 2.65. The number of likely N-dealkylation sites (tertiary alicyclic amines) is 1.